The Labute approximate surface area is 80.9 Å². The average molecular weight is 228 g/mol. The van der Waals surface area contributed by atoms with Crippen LogP contribution in [0.5, 0.6) is 0 Å². The first-order valence-electron chi connectivity index (χ1n) is 3.50. The molecule has 0 aromatic heterocycles. The molecule has 0 rings (SSSR count). The molecule has 0 heterocycles. The summed E-state index contributed by atoms with van der Waals surface area (Å²) in [5.41, 5.74) is 0. The van der Waals surface area contributed by atoms with E-state index >= 15 is 0 Å². The molecular weight excluding hydrogens is 215 g/mol. The first kappa shape index (κ1) is 15.7. The molecule has 7 nitrogen and oxygen atoms in total. The van der Waals surface area contributed by atoms with E-state index in [4.69, 9.17) is 20.0 Å². The monoisotopic (exact) mass is 228 g/mol. The highest BCUT2D eigenvalue weighted by Gasteiger charge is 2.18. The molecule has 84 valence electrons. The third-order valence-corrected chi connectivity index (χ3v) is 1.30. The molecule has 0 aromatic rings. The van der Waals surface area contributed by atoms with Crippen LogP contribution in [0.2, 0.25) is 0 Å². The zero-order valence-electron chi connectivity index (χ0n) is 7.53. The molecule has 0 saturated carbocycles. The van der Waals surface area contributed by atoms with Gasteiger partial charge in [-0.3, -0.25) is 4.52 Å². The van der Waals surface area contributed by atoms with Crippen molar-refractivity contribution in [3.8, 4) is 0 Å². The zero-order valence-corrected chi connectivity index (χ0v) is 8.42. The topological polar surface area (TPSA) is 124 Å². The Morgan fingerprint density at radius 1 is 1.64 bits per heavy atom. The normalized spacial score (nSPS) is 12.3. The van der Waals surface area contributed by atoms with Gasteiger partial charge in [0.1, 0.15) is 0 Å². The van der Waals surface area contributed by atoms with E-state index in [0.29, 0.717) is 0 Å². The zero-order chi connectivity index (χ0) is 11.8. The Bertz CT molecular complexity index is 220. The minimum absolute atomic E-state index is 0.158. The largest absolute Gasteiger partial charge is 0.478 e. The fourth-order valence-corrected chi connectivity index (χ4v) is 0.699. The van der Waals surface area contributed by atoms with Gasteiger partial charge in [-0.2, -0.15) is 0 Å². The lowest BCUT2D eigenvalue weighted by Gasteiger charge is -2.08. The fraction of sp³-hybridized carbons (Fsp3) is 0.500. The third kappa shape index (κ3) is 17.4. The summed E-state index contributed by atoms with van der Waals surface area (Å²) in [6.07, 6.45) is -0.378. The first-order chi connectivity index (χ1) is 6.22. The lowest BCUT2D eigenvalue weighted by molar-refractivity contribution is -0.131. The van der Waals surface area contributed by atoms with Gasteiger partial charge in [0.25, 0.3) is 0 Å². The number of aliphatic hydroxyl groups excluding tert-OH is 1. The van der Waals surface area contributed by atoms with Crippen LogP contribution in [0.1, 0.15) is 13.3 Å². The first-order valence-corrected chi connectivity index (χ1v) is 5.03. The van der Waals surface area contributed by atoms with Crippen molar-refractivity contribution < 1.29 is 33.9 Å². The molecule has 0 radical (unpaired) electrons. The molecule has 0 aliphatic carbocycles. The average Bonchev–Trinajstić information content (AvgIpc) is 2.02. The van der Waals surface area contributed by atoms with E-state index < -0.39 is 20.1 Å². The van der Waals surface area contributed by atoms with Crippen LogP contribution in [0.3, 0.4) is 0 Å². The van der Waals surface area contributed by atoms with Crippen LogP contribution in [0.15, 0.2) is 12.7 Å². The van der Waals surface area contributed by atoms with Gasteiger partial charge in [0.2, 0.25) is 0 Å². The molecule has 0 aromatic carbocycles. The van der Waals surface area contributed by atoms with Crippen LogP contribution in [-0.2, 0) is 13.9 Å². The van der Waals surface area contributed by atoms with E-state index in [1.807, 2.05) is 0 Å². The number of carboxylic acid groups (broad SMARTS) is 1. The van der Waals surface area contributed by atoms with Crippen LogP contribution < -0.4 is 0 Å². The highest BCUT2D eigenvalue weighted by atomic mass is 31.2. The maximum atomic E-state index is 9.91. The van der Waals surface area contributed by atoms with Crippen molar-refractivity contribution in [3.63, 3.8) is 0 Å². The van der Waals surface area contributed by atoms with E-state index in [0.717, 1.165) is 6.08 Å². The highest BCUT2D eigenvalue weighted by molar-refractivity contribution is 7.46. The number of aliphatic carboxylic acids is 1. The van der Waals surface area contributed by atoms with Crippen molar-refractivity contribution in [2.45, 2.75) is 19.6 Å². The van der Waals surface area contributed by atoms with Crippen LogP contribution in [-0.4, -0.2) is 32.3 Å². The molecule has 0 aliphatic rings. The molecule has 1 unspecified atom stereocenters. The summed E-state index contributed by atoms with van der Waals surface area (Å²) < 4.78 is 13.7. The predicted octanol–water partition coefficient (Wildman–Crippen LogP) is 0.0811. The molecule has 4 N–H and O–H groups in total. The van der Waals surface area contributed by atoms with Crippen molar-refractivity contribution >= 4 is 13.8 Å². The Kier molecular flexibility index (Phi) is 8.61. The number of phosphoric acid groups is 1. The smallest absolute Gasteiger partial charge is 0.471 e. The number of carboxylic acids is 1. The van der Waals surface area contributed by atoms with Crippen molar-refractivity contribution in [2.24, 2.45) is 0 Å². The Morgan fingerprint density at radius 3 is 2.07 bits per heavy atom. The lowest BCUT2D eigenvalue weighted by Crippen LogP contribution is -2.07. The van der Waals surface area contributed by atoms with Gasteiger partial charge in [0, 0.05) is 6.08 Å². The fourth-order valence-electron chi connectivity index (χ4n) is 0.233. The van der Waals surface area contributed by atoms with Gasteiger partial charge in [-0.05, 0) is 6.42 Å². The van der Waals surface area contributed by atoms with Crippen LogP contribution in [0.25, 0.3) is 0 Å². The molecule has 0 aliphatic heterocycles. The number of carbonyl (C=O) groups is 1. The number of phosphoric ester groups is 1. The maximum absolute atomic E-state index is 9.91. The van der Waals surface area contributed by atoms with Crippen LogP contribution in [0, 0.1) is 0 Å². The SMILES string of the molecule is C=CC(=O)O.CCC(O)OP(=O)(O)O. The van der Waals surface area contributed by atoms with Gasteiger partial charge in [-0.25, -0.2) is 9.36 Å². The van der Waals surface area contributed by atoms with Gasteiger partial charge < -0.3 is 20.0 Å². The van der Waals surface area contributed by atoms with Gasteiger partial charge >= 0.3 is 13.8 Å². The van der Waals surface area contributed by atoms with Gasteiger partial charge in [-0.15, -0.1) is 0 Å². The summed E-state index contributed by atoms with van der Waals surface area (Å²) in [5, 5.41) is 16.1. The minimum Gasteiger partial charge on any atom is -0.478 e. The van der Waals surface area contributed by atoms with Crippen LogP contribution >= 0.6 is 7.82 Å². The Hall–Kier alpha value is -0.720. The summed E-state index contributed by atoms with van der Waals surface area (Å²) in [7, 11) is -4.49. The van der Waals surface area contributed by atoms with Crippen molar-refractivity contribution in [1.82, 2.24) is 0 Å². The number of aliphatic hydroxyl groups is 1. The molecule has 1 atom stereocenters. The summed E-state index contributed by atoms with van der Waals surface area (Å²) in [4.78, 5) is 25.3. The molecule has 0 spiro atoms. The van der Waals surface area contributed by atoms with Crippen molar-refractivity contribution in [1.29, 1.82) is 0 Å². The summed E-state index contributed by atoms with van der Waals surface area (Å²) in [6.45, 7) is 4.50. The number of hydrogen-bond acceptors (Lipinski definition) is 4. The van der Waals surface area contributed by atoms with Gasteiger partial charge in [0.15, 0.2) is 6.29 Å². The summed E-state index contributed by atoms with van der Waals surface area (Å²) in [6, 6.07) is 0. The second kappa shape index (κ2) is 7.66. The summed E-state index contributed by atoms with van der Waals surface area (Å²) in [5.74, 6) is -0.981. The third-order valence-electron chi connectivity index (χ3n) is 0.783. The number of hydrogen-bond donors (Lipinski definition) is 4. The molecule has 0 fully saturated rings. The Morgan fingerprint density at radius 2 is 2.00 bits per heavy atom. The van der Waals surface area contributed by atoms with E-state index in [1.54, 1.807) is 6.92 Å². The van der Waals surface area contributed by atoms with Crippen molar-refractivity contribution in [3.05, 3.63) is 12.7 Å². The highest BCUT2D eigenvalue weighted by Crippen LogP contribution is 2.37. The summed E-state index contributed by atoms with van der Waals surface area (Å²) >= 11 is 0. The predicted molar refractivity (Wildman–Crippen MR) is 47.3 cm³/mol. The van der Waals surface area contributed by atoms with E-state index in [-0.39, 0.29) is 6.42 Å². The molecule has 0 saturated heterocycles. The number of rotatable bonds is 4. The van der Waals surface area contributed by atoms with Gasteiger partial charge in [0.05, 0.1) is 0 Å². The van der Waals surface area contributed by atoms with E-state index in [1.165, 1.54) is 0 Å². The lowest BCUT2D eigenvalue weighted by atomic mass is 10.5. The van der Waals surface area contributed by atoms with Crippen molar-refractivity contribution in [2.75, 3.05) is 0 Å². The molecular formula is C6H13O7P. The van der Waals surface area contributed by atoms with E-state index in [9.17, 15) is 9.36 Å². The molecule has 8 heteroatoms. The van der Waals surface area contributed by atoms with E-state index in [2.05, 4.69) is 11.1 Å². The molecule has 0 amide bonds. The minimum atomic E-state index is -4.49. The quantitative estimate of drug-likeness (QED) is 0.305. The second-order valence-corrected chi connectivity index (χ2v) is 3.19. The van der Waals surface area contributed by atoms with Crippen LogP contribution in [0.4, 0.5) is 0 Å². The molecule has 14 heavy (non-hydrogen) atoms. The molecule has 0 bridgehead atoms. The second-order valence-electron chi connectivity index (χ2n) is 2.00. The standard InChI is InChI=1S/C3H9O5P.C3H4O2/c1-2-3(4)8-9(5,6)7;1-2-3(4)5/h3-4H,2H2,1H3,(H2,5,6,7);2H,1H2,(H,4,5). The Balaban J connectivity index is 0. The maximum Gasteiger partial charge on any atom is 0.471 e. The van der Waals surface area contributed by atoms with Gasteiger partial charge in [-0.1, -0.05) is 13.5 Å².